The SMILES string of the molecule is Nc1ccccc1SCCS(=O)(=O)NCC1CCSCC1. The number of sulfonamides is 1. The van der Waals surface area contributed by atoms with Gasteiger partial charge in [-0.2, -0.15) is 11.8 Å². The van der Waals surface area contributed by atoms with E-state index in [1.807, 2.05) is 36.0 Å². The number of nitrogens with one attached hydrogen (secondary N) is 1. The summed E-state index contributed by atoms with van der Waals surface area (Å²) in [5, 5.41) is 0. The Labute approximate surface area is 135 Å². The lowest BCUT2D eigenvalue weighted by Gasteiger charge is -2.21. The summed E-state index contributed by atoms with van der Waals surface area (Å²) in [6.45, 7) is 0.584. The Bertz CT molecular complexity index is 543. The second-order valence-corrected chi connectivity index (χ2v) is 9.40. The van der Waals surface area contributed by atoms with Crippen molar-refractivity contribution in [3.63, 3.8) is 0 Å². The summed E-state index contributed by atoms with van der Waals surface area (Å²) in [6, 6.07) is 7.53. The second-order valence-electron chi connectivity index (χ2n) is 5.11. The Morgan fingerprint density at radius 2 is 2.00 bits per heavy atom. The zero-order valence-electron chi connectivity index (χ0n) is 12.0. The number of hydrogen-bond acceptors (Lipinski definition) is 5. The van der Waals surface area contributed by atoms with Crippen LogP contribution in [0.5, 0.6) is 0 Å². The Kier molecular flexibility index (Phi) is 6.73. The number of nitrogens with two attached hydrogens (primary N) is 1. The largest absolute Gasteiger partial charge is 0.398 e. The van der Waals surface area contributed by atoms with Crippen LogP contribution in [0.2, 0.25) is 0 Å². The van der Waals surface area contributed by atoms with Gasteiger partial charge in [-0.25, -0.2) is 13.1 Å². The van der Waals surface area contributed by atoms with E-state index in [4.69, 9.17) is 5.73 Å². The van der Waals surface area contributed by atoms with Gasteiger partial charge in [0.15, 0.2) is 0 Å². The first-order chi connectivity index (χ1) is 10.1. The van der Waals surface area contributed by atoms with Crippen molar-refractivity contribution >= 4 is 39.2 Å². The fourth-order valence-corrected chi connectivity index (χ4v) is 5.82. The molecule has 7 heteroatoms. The van der Waals surface area contributed by atoms with Gasteiger partial charge in [0.2, 0.25) is 10.0 Å². The van der Waals surface area contributed by atoms with Gasteiger partial charge in [0.25, 0.3) is 0 Å². The minimum absolute atomic E-state index is 0.132. The molecule has 0 atom stereocenters. The predicted octanol–water partition coefficient (Wildman–Crippen LogP) is 2.42. The highest BCUT2D eigenvalue weighted by Gasteiger charge is 2.17. The molecule has 1 aromatic rings. The molecule has 21 heavy (non-hydrogen) atoms. The monoisotopic (exact) mass is 346 g/mol. The molecule has 0 aromatic heterocycles. The molecular formula is C14H22N2O2S3. The van der Waals surface area contributed by atoms with Crippen molar-refractivity contribution < 1.29 is 8.42 Å². The quantitative estimate of drug-likeness (QED) is 0.586. The maximum atomic E-state index is 12.0. The number of anilines is 1. The lowest BCUT2D eigenvalue weighted by molar-refractivity contribution is 0.477. The number of benzene rings is 1. The van der Waals surface area contributed by atoms with E-state index < -0.39 is 10.0 Å². The summed E-state index contributed by atoms with van der Waals surface area (Å²) in [4.78, 5) is 0.942. The third-order valence-electron chi connectivity index (χ3n) is 3.46. The smallest absolute Gasteiger partial charge is 0.212 e. The molecule has 1 aromatic carbocycles. The first-order valence-corrected chi connectivity index (χ1v) is 10.9. The molecule has 0 saturated carbocycles. The highest BCUT2D eigenvalue weighted by Crippen LogP contribution is 2.24. The Morgan fingerprint density at radius 1 is 1.29 bits per heavy atom. The standard InChI is InChI=1S/C14H22N2O2S3/c15-13-3-1-2-4-14(13)20-9-10-21(17,18)16-11-12-5-7-19-8-6-12/h1-4,12,16H,5-11,15H2. The Hall–Kier alpha value is -0.370. The summed E-state index contributed by atoms with van der Waals surface area (Å²) in [5.41, 5.74) is 6.54. The molecule has 0 radical (unpaired) electrons. The van der Waals surface area contributed by atoms with Crippen molar-refractivity contribution in [1.82, 2.24) is 4.72 Å². The van der Waals surface area contributed by atoms with Crippen LogP contribution in [0.4, 0.5) is 5.69 Å². The van der Waals surface area contributed by atoms with E-state index in [2.05, 4.69) is 4.72 Å². The zero-order valence-corrected chi connectivity index (χ0v) is 14.4. The van der Waals surface area contributed by atoms with Crippen LogP contribution >= 0.6 is 23.5 Å². The maximum Gasteiger partial charge on any atom is 0.212 e. The van der Waals surface area contributed by atoms with E-state index in [9.17, 15) is 8.42 Å². The molecule has 1 heterocycles. The molecule has 1 aliphatic heterocycles. The third-order valence-corrected chi connectivity index (χ3v) is 7.21. The van der Waals surface area contributed by atoms with E-state index >= 15 is 0 Å². The highest BCUT2D eigenvalue weighted by atomic mass is 32.2. The van der Waals surface area contributed by atoms with Crippen LogP contribution in [0.15, 0.2) is 29.2 Å². The fraction of sp³-hybridized carbons (Fsp3) is 0.571. The number of nitrogen functional groups attached to an aromatic ring is 1. The van der Waals surface area contributed by atoms with E-state index in [1.54, 1.807) is 0 Å². The van der Waals surface area contributed by atoms with Crippen molar-refractivity contribution in [3.8, 4) is 0 Å². The molecule has 0 aliphatic carbocycles. The van der Waals surface area contributed by atoms with Gasteiger partial charge < -0.3 is 5.73 Å². The molecule has 2 rings (SSSR count). The van der Waals surface area contributed by atoms with Crippen LogP contribution in [-0.4, -0.2) is 38.0 Å². The van der Waals surface area contributed by atoms with Crippen molar-refractivity contribution in [3.05, 3.63) is 24.3 Å². The van der Waals surface area contributed by atoms with Crippen LogP contribution in [0.25, 0.3) is 0 Å². The first kappa shape index (κ1) is 17.0. The van der Waals surface area contributed by atoms with E-state index in [-0.39, 0.29) is 5.75 Å². The highest BCUT2D eigenvalue weighted by molar-refractivity contribution is 8.00. The number of thioether (sulfide) groups is 2. The van der Waals surface area contributed by atoms with E-state index in [0.717, 1.165) is 29.2 Å². The summed E-state index contributed by atoms with van der Waals surface area (Å²) in [5.74, 6) is 3.45. The van der Waals surface area contributed by atoms with Crippen molar-refractivity contribution in [2.75, 3.05) is 35.3 Å². The second kappa shape index (κ2) is 8.31. The average molecular weight is 347 g/mol. The molecule has 1 aliphatic rings. The molecule has 0 bridgehead atoms. The lowest BCUT2D eigenvalue weighted by atomic mass is 10.0. The molecule has 0 unspecified atom stereocenters. The van der Waals surface area contributed by atoms with Crippen molar-refractivity contribution in [2.24, 2.45) is 5.92 Å². The van der Waals surface area contributed by atoms with Gasteiger partial charge in [0.05, 0.1) is 5.75 Å². The van der Waals surface area contributed by atoms with Gasteiger partial charge in [-0.1, -0.05) is 12.1 Å². The average Bonchev–Trinajstić information content (AvgIpc) is 2.48. The van der Waals surface area contributed by atoms with Gasteiger partial charge in [-0.05, 0) is 42.4 Å². The molecule has 0 amide bonds. The summed E-state index contributed by atoms with van der Waals surface area (Å²) in [7, 11) is -3.18. The molecular weight excluding hydrogens is 324 g/mol. The van der Waals surface area contributed by atoms with Crippen LogP contribution in [0.3, 0.4) is 0 Å². The molecule has 0 spiro atoms. The van der Waals surface area contributed by atoms with Crippen LogP contribution in [0.1, 0.15) is 12.8 Å². The van der Waals surface area contributed by atoms with Crippen LogP contribution in [-0.2, 0) is 10.0 Å². The fourth-order valence-electron chi connectivity index (χ4n) is 2.14. The molecule has 4 nitrogen and oxygen atoms in total. The Morgan fingerprint density at radius 3 is 2.71 bits per heavy atom. The van der Waals surface area contributed by atoms with E-state index in [0.29, 0.717) is 23.9 Å². The van der Waals surface area contributed by atoms with Crippen LogP contribution < -0.4 is 10.5 Å². The molecule has 1 saturated heterocycles. The van der Waals surface area contributed by atoms with Gasteiger partial charge in [-0.15, -0.1) is 11.8 Å². The van der Waals surface area contributed by atoms with Gasteiger partial charge in [0, 0.05) is 22.9 Å². The minimum Gasteiger partial charge on any atom is -0.398 e. The molecule has 118 valence electrons. The van der Waals surface area contributed by atoms with Gasteiger partial charge in [0.1, 0.15) is 0 Å². The van der Waals surface area contributed by atoms with Gasteiger partial charge in [-0.3, -0.25) is 0 Å². The minimum atomic E-state index is -3.18. The molecule has 3 N–H and O–H groups in total. The number of hydrogen-bond donors (Lipinski definition) is 2. The summed E-state index contributed by atoms with van der Waals surface area (Å²) in [6.07, 6.45) is 2.23. The van der Waals surface area contributed by atoms with Gasteiger partial charge >= 0.3 is 0 Å². The number of rotatable bonds is 7. The Balaban J connectivity index is 1.72. The topological polar surface area (TPSA) is 72.2 Å². The van der Waals surface area contributed by atoms with E-state index in [1.165, 1.54) is 11.8 Å². The lowest BCUT2D eigenvalue weighted by Crippen LogP contribution is -2.33. The first-order valence-electron chi connectivity index (χ1n) is 7.09. The third kappa shape index (κ3) is 6.10. The molecule has 1 fully saturated rings. The maximum absolute atomic E-state index is 12.0. The number of para-hydroxylation sites is 1. The predicted molar refractivity (Wildman–Crippen MR) is 93.4 cm³/mol. The zero-order chi connectivity index (χ0) is 15.1. The van der Waals surface area contributed by atoms with Crippen molar-refractivity contribution in [2.45, 2.75) is 17.7 Å². The summed E-state index contributed by atoms with van der Waals surface area (Å²) < 4.78 is 26.7. The summed E-state index contributed by atoms with van der Waals surface area (Å²) >= 11 is 3.44. The normalized spacial score (nSPS) is 17.0. The van der Waals surface area contributed by atoms with Crippen LogP contribution in [0, 0.1) is 5.92 Å². The van der Waals surface area contributed by atoms with Crippen molar-refractivity contribution in [1.29, 1.82) is 0 Å².